The highest BCUT2D eigenvalue weighted by Crippen LogP contribution is 2.29. The highest BCUT2D eigenvalue weighted by molar-refractivity contribution is 7.13. The van der Waals surface area contributed by atoms with E-state index in [4.69, 9.17) is 10.7 Å². The van der Waals surface area contributed by atoms with Crippen LogP contribution < -0.4 is 5.73 Å². The Morgan fingerprint density at radius 2 is 2.11 bits per heavy atom. The Labute approximate surface area is 160 Å². The molecular weight excluding hydrogens is 362 g/mol. The fourth-order valence-corrected chi connectivity index (χ4v) is 4.23. The van der Waals surface area contributed by atoms with Gasteiger partial charge in [-0.3, -0.25) is 9.59 Å². The average molecular weight is 383 g/mol. The van der Waals surface area contributed by atoms with Crippen molar-refractivity contribution in [2.45, 2.75) is 26.3 Å². The van der Waals surface area contributed by atoms with E-state index in [1.165, 1.54) is 0 Å². The lowest BCUT2D eigenvalue weighted by Gasteiger charge is -2.30. The second-order valence-corrected chi connectivity index (χ2v) is 7.65. The molecule has 1 aliphatic heterocycles. The summed E-state index contributed by atoms with van der Waals surface area (Å²) in [6, 6.07) is 5.83. The van der Waals surface area contributed by atoms with Crippen LogP contribution >= 0.6 is 11.3 Å². The number of nitrogens with zero attached hydrogens (tertiary/aromatic N) is 4. The van der Waals surface area contributed by atoms with Crippen molar-refractivity contribution in [1.29, 1.82) is 0 Å². The number of carbonyl (C=O) groups excluding carboxylic acids is 2. The Kier molecular flexibility index (Phi) is 4.65. The summed E-state index contributed by atoms with van der Waals surface area (Å²) in [5, 5.41) is 7.14. The van der Waals surface area contributed by atoms with Gasteiger partial charge in [-0.1, -0.05) is 6.07 Å². The van der Waals surface area contributed by atoms with Gasteiger partial charge in [0.1, 0.15) is 0 Å². The van der Waals surface area contributed by atoms with Crippen LogP contribution in [0.2, 0.25) is 0 Å². The van der Waals surface area contributed by atoms with Crippen molar-refractivity contribution in [2.75, 3.05) is 13.1 Å². The number of hydrogen-bond acceptors (Lipinski definition) is 5. The second-order valence-electron chi connectivity index (χ2n) is 6.70. The van der Waals surface area contributed by atoms with Gasteiger partial charge in [-0.2, -0.15) is 5.10 Å². The smallest absolute Gasteiger partial charge is 0.254 e. The molecule has 2 amide bonds. The lowest BCUT2D eigenvalue weighted by Crippen LogP contribution is -2.41. The molecule has 1 fully saturated rings. The van der Waals surface area contributed by atoms with Gasteiger partial charge in [0, 0.05) is 25.6 Å². The van der Waals surface area contributed by atoms with E-state index in [9.17, 15) is 9.59 Å². The third-order valence-corrected chi connectivity index (χ3v) is 5.99. The first-order valence-corrected chi connectivity index (χ1v) is 9.95. The van der Waals surface area contributed by atoms with Gasteiger partial charge in [-0.25, -0.2) is 9.67 Å². The van der Waals surface area contributed by atoms with Gasteiger partial charge in [0.05, 0.1) is 27.7 Å². The number of thiophene rings is 1. The standard InChI is InChI=1S/C19H21N5O2S/c1-2-24-18-14(11-21-24)13(10-15(22-18)16-4-3-9-27-16)19(26)23-7-5-12(6-8-23)17(20)25/h3-4,9-12H,2,5-8H2,1H3,(H2,20,25). The molecule has 0 atom stereocenters. The highest BCUT2D eigenvalue weighted by atomic mass is 32.1. The SMILES string of the molecule is CCn1ncc2c(C(=O)N3CCC(C(N)=O)CC3)cc(-c3cccs3)nc21. The molecule has 0 bridgehead atoms. The fraction of sp³-hybridized carbons (Fsp3) is 0.368. The molecule has 3 aromatic heterocycles. The number of fused-ring (bicyclic) bond motifs is 1. The monoisotopic (exact) mass is 383 g/mol. The number of likely N-dealkylation sites (tertiary alicyclic amines) is 1. The van der Waals surface area contributed by atoms with Crippen molar-refractivity contribution in [3.8, 4) is 10.6 Å². The maximum atomic E-state index is 13.3. The van der Waals surface area contributed by atoms with Crippen molar-refractivity contribution in [1.82, 2.24) is 19.7 Å². The lowest BCUT2D eigenvalue weighted by molar-refractivity contribution is -0.123. The number of hydrogen-bond donors (Lipinski definition) is 1. The summed E-state index contributed by atoms with van der Waals surface area (Å²) in [5.74, 6) is -0.465. The van der Waals surface area contributed by atoms with Crippen molar-refractivity contribution in [3.05, 3.63) is 35.3 Å². The van der Waals surface area contributed by atoms with Crippen molar-refractivity contribution >= 4 is 34.2 Å². The van der Waals surface area contributed by atoms with Crippen LogP contribution in [0.3, 0.4) is 0 Å². The molecule has 0 saturated carbocycles. The maximum Gasteiger partial charge on any atom is 0.254 e. The van der Waals surface area contributed by atoms with E-state index >= 15 is 0 Å². The van der Waals surface area contributed by atoms with Crippen LogP contribution in [0.1, 0.15) is 30.1 Å². The molecule has 0 aliphatic carbocycles. The van der Waals surface area contributed by atoms with Crippen LogP contribution in [-0.4, -0.2) is 44.6 Å². The Bertz CT molecular complexity index is 987. The summed E-state index contributed by atoms with van der Waals surface area (Å²) >= 11 is 1.59. The van der Waals surface area contributed by atoms with Gasteiger partial charge in [0.25, 0.3) is 5.91 Å². The van der Waals surface area contributed by atoms with E-state index < -0.39 is 0 Å². The summed E-state index contributed by atoms with van der Waals surface area (Å²) in [7, 11) is 0. The van der Waals surface area contributed by atoms with E-state index in [1.54, 1.807) is 22.4 Å². The van der Waals surface area contributed by atoms with Gasteiger partial charge < -0.3 is 10.6 Å². The van der Waals surface area contributed by atoms with E-state index in [0.717, 1.165) is 21.6 Å². The minimum atomic E-state index is -0.280. The third-order valence-electron chi connectivity index (χ3n) is 5.10. The Morgan fingerprint density at radius 1 is 1.33 bits per heavy atom. The Morgan fingerprint density at radius 3 is 2.74 bits per heavy atom. The second kappa shape index (κ2) is 7.11. The molecular formula is C19H21N5O2S. The summed E-state index contributed by atoms with van der Waals surface area (Å²) < 4.78 is 1.81. The first kappa shape index (κ1) is 17.7. The van der Waals surface area contributed by atoms with Gasteiger partial charge in [-0.05, 0) is 37.3 Å². The van der Waals surface area contributed by atoms with E-state index in [1.807, 2.05) is 35.2 Å². The van der Waals surface area contributed by atoms with Gasteiger partial charge in [-0.15, -0.1) is 11.3 Å². The molecule has 1 saturated heterocycles. The summed E-state index contributed by atoms with van der Waals surface area (Å²) in [6.07, 6.45) is 2.94. The number of primary amides is 1. The zero-order chi connectivity index (χ0) is 19.0. The number of aromatic nitrogens is 3. The van der Waals surface area contributed by atoms with Crippen LogP contribution in [0.4, 0.5) is 0 Å². The van der Waals surface area contributed by atoms with Gasteiger partial charge in [0.15, 0.2) is 5.65 Å². The molecule has 4 heterocycles. The van der Waals surface area contributed by atoms with Crippen molar-refractivity contribution < 1.29 is 9.59 Å². The van der Waals surface area contributed by atoms with E-state index in [-0.39, 0.29) is 17.7 Å². The Hall–Kier alpha value is -2.74. The summed E-state index contributed by atoms with van der Waals surface area (Å²) in [4.78, 5) is 32.2. The van der Waals surface area contributed by atoms with E-state index in [2.05, 4.69) is 5.10 Å². The zero-order valence-corrected chi connectivity index (χ0v) is 15.9. The molecule has 0 aromatic carbocycles. The maximum absolute atomic E-state index is 13.3. The number of nitrogens with two attached hydrogens (primary N) is 1. The molecule has 140 valence electrons. The summed E-state index contributed by atoms with van der Waals surface area (Å²) in [5.41, 5.74) is 7.52. The Balaban J connectivity index is 1.73. The molecule has 1 aliphatic rings. The normalized spacial score (nSPS) is 15.4. The highest BCUT2D eigenvalue weighted by Gasteiger charge is 2.28. The molecule has 7 nitrogen and oxygen atoms in total. The van der Waals surface area contributed by atoms with E-state index in [0.29, 0.717) is 38.0 Å². The zero-order valence-electron chi connectivity index (χ0n) is 15.1. The van der Waals surface area contributed by atoms with Crippen LogP contribution in [0, 0.1) is 5.92 Å². The molecule has 27 heavy (non-hydrogen) atoms. The molecule has 8 heteroatoms. The van der Waals surface area contributed by atoms with Crippen LogP contribution in [0.5, 0.6) is 0 Å². The van der Waals surface area contributed by atoms with Gasteiger partial charge in [0.2, 0.25) is 5.91 Å². The largest absolute Gasteiger partial charge is 0.369 e. The van der Waals surface area contributed by atoms with Crippen LogP contribution in [0.15, 0.2) is 29.8 Å². The topological polar surface area (TPSA) is 94.1 Å². The van der Waals surface area contributed by atoms with Crippen LogP contribution in [-0.2, 0) is 11.3 Å². The minimum absolute atomic E-state index is 0.0428. The number of aryl methyl sites for hydroxylation is 1. The quantitative estimate of drug-likeness (QED) is 0.749. The lowest BCUT2D eigenvalue weighted by atomic mass is 9.95. The first-order chi connectivity index (χ1) is 13.1. The first-order valence-electron chi connectivity index (χ1n) is 9.07. The predicted octanol–water partition coefficient (Wildman–Crippen LogP) is 2.52. The fourth-order valence-electron chi connectivity index (χ4n) is 3.54. The number of rotatable bonds is 4. The van der Waals surface area contributed by atoms with Crippen LogP contribution in [0.25, 0.3) is 21.6 Å². The average Bonchev–Trinajstić information content (AvgIpc) is 3.36. The number of piperidine rings is 1. The predicted molar refractivity (Wildman–Crippen MR) is 104 cm³/mol. The molecule has 0 radical (unpaired) electrons. The van der Waals surface area contributed by atoms with Gasteiger partial charge >= 0.3 is 0 Å². The minimum Gasteiger partial charge on any atom is -0.369 e. The van der Waals surface area contributed by atoms with Crippen molar-refractivity contribution in [2.24, 2.45) is 11.7 Å². The number of amides is 2. The molecule has 4 rings (SSSR count). The number of pyridine rings is 1. The molecule has 3 aromatic rings. The third kappa shape index (κ3) is 3.21. The number of carbonyl (C=O) groups is 2. The molecule has 0 unspecified atom stereocenters. The molecule has 0 spiro atoms. The van der Waals surface area contributed by atoms with Crippen molar-refractivity contribution in [3.63, 3.8) is 0 Å². The molecule has 2 N–H and O–H groups in total. The summed E-state index contributed by atoms with van der Waals surface area (Å²) in [6.45, 7) is 3.75.